The summed E-state index contributed by atoms with van der Waals surface area (Å²) < 4.78 is 6.16. The summed E-state index contributed by atoms with van der Waals surface area (Å²) in [5.41, 5.74) is 5.38. The number of nitrogens with zero attached hydrogens (tertiary/aromatic N) is 1. The molecule has 2 unspecified atom stereocenters. The van der Waals surface area contributed by atoms with Crippen LogP contribution in [0.15, 0.2) is 77.6 Å². The van der Waals surface area contributed by atoms with Gasteiger partial charge in [-0.25, -0.2) is 0 Å². The lowest BCUT2D eigenvalue weighted by Crippen LogP contribution is -2.31. The highest BCUT2D eigenvalue weighted by atomic mass is 16.5. The molecule has 3 N–H and O–H groups in total. The molecule has 0 bridgehead atoms. The Labute approximate surface area is 222 Å². The van der Waals surface area contributed by atoms with Gasteiger partial charge in [0.2, 0.25) is 0 Å². The maximum Gasteiger partial charge on any atom is 0.119 e. The van der Waals surface area contributed by atoms with Crippen LogP contribution in [0.25, 0.3) is 5.57 Å². The number of aliphatic hydroxyl groups excluding tert-OH is 2. The molecule has 0 aromatic heterocycles. The van der Waals surface area contributed by atoms with Crippen molar-refractivity contribution in [1.82, 2.24) is 10.2 Å². The van der Waals surface area contributed by atoms with Crippen LogP contribution in [-0.2, 0) is 0 Å². The molecule has 1 aromatic rings. The van der Waals surface area contributed by atoms with Gasteiger partial charge in [0.1, 0.15) is 18.1 Å². The monoisotopic (exact) mass is 504 g/mol. The fraction of sp³-hybridized carbons (Fsp3) is 0.500. The molecule has 0 amide bonds. The predicted octanol–water partition coefficient (Wildman–Crippen LogP) is 5.82. The van der Waals surface area contributed by atoms with E-state index in [4.69, 9.17) is 4.74 Å². The normalized spacial score (nSPS) is 25.2. The summed E-state index contributed by atoms with van der Waals surface area (Å²) in [6, 6.07) is 8.48. The first-order valence-electron chi connectivity index (χ1n) is 13.9. The maximum absolute atomic E-state index is 9.92. The predicted molar refractivity (Wildman–Crippen MR) is 153 cm³/mol. The summed E-state index contributed by atoms with van der Waals surface area (Å²) in [4.78, 5) is 2.55. The van der Waals surface area contributed by atoms with Gasteiger partial charge in [0.05, 0.1) is 0 Å². The molecular formula is C32H44N2O3. The van der Waals surface area contributed by atoms with Gasteiger partial charge in [-0.15, -0.1) is 0 Å². The Morgan fingerprint density at radius 2 is 2.08 bits per heavy atom. The second-order valence-electron chi connectivity index (χ2n) is 10.8. The van der Waals surface area contributed by atoms with Gasteiger partial charge in [-0.1, -0.05) is 36.4 Å². The first-order valence-corrected chi connectivity index (χ1v) is 13.9. The molecule has 200 valence electrons. The highest BCUT2D eigenvalue weighted by Crippen LogP contribution is 2.38. The summed E-state index contributed by atoms with van der Waals surface area (Å²) in [6.45, 7) is 10.7. The molecule has 4 rings (SSSR count). The second kappa shape index (κ2) is 13.3. The van der Waals surface area contributed by atoms with E-state index in [0.717, 1.165) is 43.8 Å². The van der Waals surface area contributed by atoms with Gasteiger partial charge in [0.25, 0.3) is 0 Å². The third-order valence-corrected chi connectivity index (χ3v) is 8.07. The number of ether oxygens (including phenoxy) is 1. The van der Waals surface area contributed by atoms with Gasteiger partial charge in [-0.2, -0.15) is 0 Å². The molecular weight excluding hydrogens is 460 g/mol. The van der Waals surface area contributed by atoms with E-state index in [-0.39, 0.29) is 12.5 Å². The lowest BCUT2D eigenvalue weighted by atomic mass is 9.81. The molecule has 0 radical (unpaired) electrons. The van der Waals surface area contributed by atoms with E-state index in [2.05, 4.69) is 59.6 Å². The first kappa shape index (κ1) is 27.4. The molecule has 5 heteroatoms. The Morgan fingerprint density at radius 3 is 2.76 bits per heavy atom. The van der Waals surface area contributed by atoms with Crippen LogP contribution in [0, 0.1) is 11.3 Å². The zero-order chi connectivity index (χ0) is 26.1. The number of aliphatic hydroxyl groups is 2. The van der Waals surface area contributed by atoms with Gasteiger partial charge < -0.3 is 20.3 Å². The van der Waals surface area contributed by atoms with E-state index in [1.54, 1.807) is 6.08 Å². The highest BCUT2D eigenvalue weighted by Gasteiger charge is 2.39. The van der Waals surface area contributed by atoms with Crippen molar-refractivity contribution in [1.29, 1.82) is 0 Å². The topological polar surface area (TPSA) is 65.0 Å². The van der Waals surface area contributed by atoms with Crippen molar-refractivity contribution in [3.8, 4) is 5.75 Å². The van der Waals surface area contributed by atoms with Crippen molar-refractivity contribution < 1.29 is 14.9 Å². The minimum Gasteiger partial charge on any atom is -0.508 e. The Hall–Kier alpha value is -2.60. The van der Waals surface area contributed by atoms with E-state index >= 15 is 0 Å². The minimum absolute atomic E-state index is 0.163. The Morgan fingerprint density at radius 1 is 1.24 bits per heavy atom. The zero-order valence-corrected chi connectivity index (χ0v) is 22.6. The van der Waals surface area contributed by atoms with Crippen LogP contribution in [0.5, 0.6) is 5.75 Å². The van der Waals surface area contributed by atoms with Crippen LogP contribution in [-0.4, -0.2) is 61.1 Å². The third-order valence-electron chi connectivity index (χ3n) is 8.07. The molecule has 2 fully saturated rings. The molecule has 2 saturated heterocycles. The van der Waals surface area contributed by atoms with E-state index < -0.39 is 0 Å². The number of hydrogen-bond donors (Lipinski definition) is 3. The Kier molecular flexibility index (Phi) is 9.84. The smallest absolute Gasteiger partial charge is 0.119 e. The van der Waals surface area contributed by atoms with Crippen molar-refractivity contribution in [3.63, 3.8) is 0 Å². The van der Waals surface area contributed by atoms with Gasteiger partial charge in [-0.05, 0) is 111 Å². The molecule has 0 saturated carbocycles. The van der Waals surface area contributed by atoms with Crippen molar-refractivity contribution in [2.24, 2.45) is 11.3 Å². The number of hydrogen-bond acceptors (Lipinski definition) is 5. The van der Waals surface area contributed by atoms with Gasteiger partial charge in [0, 0.05) is 32.2 Å². The van der Waals surface area contributed by atoms with Crippen molar-refractivity contribution in [2.75, 3.05) is 45.9 Å². The van der Waals surface area contributed by atoms with E-state index in [0.29, 0.717) is 24.2 Å². The first-order chi connectivity index (χ1) is 18.0. The molecule has 5 nitrogen and oxygen atoms in total. The average Bonchev–Trinajstić information content (AvgIpc) is 3.55. The number of allylic oxidation sites excluding steroid dienone is 9. The molecule has 2 heterocycles. The van der Waals surface area contributed by atoms with Gasteiger partial charge >= 0.3 is 0 Å². The number of benzene rings is 1. The molecule has 1 spiro atoms. The summed E-state index contributed by atoms with van der Waals surface area (Å²) in [6.07, 6.45) is 16.9. The van der Waals surface area contributed by atoms with Crippen LogP contribution >= 0.6 is 0 Å². The van der Waals surface area contributed by atoms with Crippen molar-refractivity contribution in [2.45, 2.75) is 46.0 Å². The molecule has 1 aromatic carbocycles. The maximum atomic E-state index is 9.92. The van der Waals surface area contributed by atoms with Crippen LogP contribution in [0.3, 0.4) is 0 Å². The fourth-order valence-corrected chi connectivity index (χ4v) is 5.96. The lowest BCUT2D eigenvalue weighted by Gasteiger charge is -2.24. The van der Waals surface area contributed by atoms with E-state index in [1.165, 1.54) is 42.7 Å². The van der Waals surface area contributed by atoms with Gasteiger partial charge in [0.15, 0.2) is 0 Å². The SMILES string of the molecule is C\C=C/C=C(C)/C(CCCO)=C(\c1ccc(OCCN2CCC3(CCNC3)C2)cc1)C1C=CC(O)=CC1. The molecule has 2 aliphatic heterocycles. The molecule has 2 atom stereocenters. The van der Waals surface area contributed by atoms with Crippen LogP contribution in [0.2, 0.25) is 0 Å². The summed E-state index contributed by atoms with van der Waals surface area (Å²) in [5, 5.41) is 23.0. The Bertz CT molecular complexity index is 1040. The number of likely N-dealkylation sites (tertiary alicyclic amines) is 1. The van der Waals surface area contributed by atoms with Gasteiger partial charge in [-0.3, -0.25) is 4.90 Å². The standard InChI is InChI=1S/C32H44N2O3/c1-3-4-6-25(2)30(7-5-21-35)31(26-8-12-28(36)13-9-26)27-10-14-29(15-11-27)37-22-20-34-19-17-32(24-34)16-18-33-23-32/h3-4,6,8,10-15,26,33,35-36H,5,7,9,16-24H2,1-2H3/b4-3-,25-6+,31-30-. The van der Waals surface area contributed by atoms with Crippen molar-refractivity contribution in [3.05, 3.63) is 83.2 Å². The third kappa shape index (κ3) is 7.25. The van der Waals surface area contributed by atoms with Crippen molar-refractivity contribution >= 4 is 5.57 Å². The summed E-state index contributed by atoms with van der Waals surface area (Å²) in [7, 11) is 0. The van der Waals surface area contributed by atoms with E-state index in [9.17, 15) is 10.2 Å². The molecule has 37 heavy (non-hydrogen) atoms. The largest absolute Gasteiger partial charge is 0.508 e. The zero-order valence-electron chi connectivity index (χ0n) is 22.6. The number of nitrogens with one attached hydrogen (secondary N) is 1. The lowest BCUT2D eigenvalue weighted by molar-refractivity contribution is 0.217. The average molecular weight is 505 g/mol. The molecule has 1 aliphatic carbocycles. The summed E-state index contributed by atoms with van der Waals surface area (Å²) in [5.74, 6) is 1.39. The van der Waals surface area contributed by atoms with E-state index in [1.807, 2.05) is 19.1 Å². The van der Waals surface area contributed by atoms with Crippen LogP contribution in [0.1, 0.15) is 51.5 Å². The van der Waals surface area contributed by atoms with Crippen LogP contribution < -0.4 is 10.1 Å². The second-order valence-corrected chi connectivity index (χ2v) is 10.8. The fourth-order valence-electron chi connectivity index (χ4n) is 5.96. The van der Waals surface area contributed by atoms with Crippen LogP contribution in [0.4, 0.5) is 0 Å². The minimum atomic E-state index is 0.163. The Balaban J connectivity index is 1.49. The number of rotatable bonds is 11. The molecule has 3 aliphatic rings. The highest BCUT2D eigenvalue weighted by molar-refractivity contribution is 5.76. The summed E-state index contributed by atoms with van der Waals surface area (Å²) >= 11 is 0. The quantitative estimate of drug-likeness (QED) is 0.332.